The molecular weight excluding hydrogens is 533 g/mol. The molecule has 37 heavy (non-hydrogen) atoms. The summed E-state index contributed by atoms with van der Waals surface area (Å²) in [7, 11) is -3.74. The van der Waals surface area contributed by atoms with Gasteiger partial charge in [0.05, 0.1) is 33.7 Å². The lowest BCUT2D eigenvalue weighted by Gasteiger charge is -2.38. The van der Waals surface area contributed by atoms with Crippen LogP contribution < -0.4 is 17.0 Å². The molecular formula is C24H26ClF3N4O4S. The van der Waals surface area contributed by atoms with E-state index < -0.39 is 39.4 Å². The number of hydrogen-bond acceptors (Lipinski definition) is 6. The molecule has 13 heteroatoms. The van der Waals surface area contributed by atoms with Crippen molar-refractivity contribution in [3.63, 3.8) is 0 Å². The number of fused-ring (bicyclic) bond motifs is 1. The van der Waals surface area contributed by atoms with Gasteiger partial charge in [-0.15, -0.1) is 0 Å². The summed E-state index contributed by atoms with van der Waals surface area (Å²) in [6.07, 6.45) is -4.61. The van der Waals surface area contributed by atoms with Crippen LogP contribution in [0.4, 0.5) is 13.2 Å². The van der Waals surface area contributed by atoms with Crippen LogP contribution in [0.15, 0.2) is 38.8 Å². The molecule has 0 saturated carbocycles. The Labute approximate surface area is 215 Å². The van der Waals surface area contributed by atoms with Gasteiger partial charge in [-0.05, 0) is 47.4 Å². The summed E-state index contributed by atoms with van der Waals surface area (Å²) in [5.74, 6) is -0.232. The summed E-state index contributed by atoms with van der Waals surface area (Å²) in [5.41, 5.74) is 3.33. The first-order chi connectivity index (χ1) is 17.3. The third-order valence-corrected chi connectivity index (χ3v) is 8.66. The number of alkyl halides is 3. The monoisotopic (exact) mass is 558 g/mol. The molecule has 1 aliphatic rings. The van der Waals surface area contributed by atoms with Crippen LogP contribution >= 0.6 is 11.6 Å². The van der Waals surface area contributed by atoms with Gasteiger partial charge in [-0.1, -0.05) is 25.4 Å². The molecule has 2 aromatic carbocycles. The van der Waals surface area contributed by atoms with E-state index in [9.17, 15) is 31.2 Å². The molecule has 0 aliphatic carbocycles. The molecule has 0 atom stereocenters. The Balaban J connectivity index is 1.94. The smallest absolute Gasteiger partial charge is 0.325 e. The van der Waals surface area contributed by atoms with Crippen LogP contribution in [0.5, 0.6) is 0 Å². The van der Waals surface area contributed by atoms with Gasteiger partial charge < -0.3 is 10.7 Å². The van der Waals surface area contributed by atoms with Crippen molar-refractivity contribution in [3.05, 3.63) is 72.4 Å². The molecule has 1 aromatic heterocycles. The van der Waals surface area contributed by atoms with Crippen LogP contribution in [0.25, 0.3) is 10.9 Å². The molecule has 3 N–H and O–H groups in total. The van der Waals surface area contributed by atoms with E-state index in [2.05, 4.69) is 4.98 Å². The summed E-state index contributed by atoms with van der Waals surface area (Å²) >= 11 is 6.04. The molecule has 8 nitrogen and oxygen atoms in total. The normalized spacial score (nSPS) is 15.3. The molecule has 0 unspecified atom stereocenters. The average molecular weight is 559 g/mol. The van der Waals surface area contributed by atoms with E-state index in [1.807, 2.05) is 0 Å². The number of nitrogens with one attached hydrogen (secondary N) is 1. The van der Waals surface area contributed by atoms with Crippen LogP contribution in [0.1, 0.15) is 36.1 Å². The number of nitrogens with two attached hydrogens (primary N) is 1. The van der Waals surface area contributed by atoms with E-state index in [0.29, 0.717) is 17.7 Å². The van der Waals surface area contributed by atoms with Crippen molar-refractivity contribution in [2.24, 2.45) is 5.73 Å². The van der Waals surface area contributed by atoms with E-state index in [4.69, 9.17) is 17.3 Å². The van der Waals surface area contributed by atoms with Gasteiger partial charge >= 0.3 is 11.9 Å². The highest BCUT2D eigenvalue weighted by molar-refractivity contribution is 7.91. The summed E-state index contributed by atoms with van der Waals surface area (Å²) in [5, 5.41) is -0.131. The SMILES string of the molecule is CCc1c(CN2CC(N)C2)c(C(F)(F)F)cc2c(=O)n(Cc3cc(Cl)ccc3S(=O)(=O)CC)c(=O)[nH]c12. The quantitative estimate of drug-likeness (QED) is 0.460. The van der Waals surface area contributed by atoms with Gasteiger partial charge in [0.15, 0.2) is 9.84 Å². The number of rotatable bonds is 7. The van der Waals surface area contributed by atoms with Gasteiger partial charge in [-0.2, -0.15) is 13.2 Å². The third-order valence-electron chi connectivity index (χ3n) is 6.59. The highest BCUT2D eigenvalue weighted by Gasteiger charge is 2.37. The number of aromatic nitrogens is 2. The molecule has 200 valence electrons. The van der Waals surface area contributed by atoms with Crippen LogP contribution in [-0.2, 0) is 35.5 Å². The summed E-state index contributed by atoms with van der Waals surface area (Å²) in [6, 6.07) is 4.62. The first kappa shape index (κ1) is 27.4. The number of nitrogens with zero attached hydrogens (tertiary/aromatic N) is 2. The maximum atomic E-state index is 14.2. The zero-order chi connectivity index (χ0) is 27.3. The minimum absolute atomic E-state index is 0.00614. The van der Waals surface area contributed by atoms with Crippen molar-refractivity contribution in [3.8, 4) is 0 Å². The molecule has 1 fully saturated rings. The van der Waals surface area contributed by atoms with E-state index in [0.717, 1.165) is 6.07 Å². The van der Waals surface area contributed by atoms with Crippen LogP contribution in [0, 0.1) is 0 Å². The highest BCUT2D eigenvalue weighted by atomic mass is 35.5. The second kappa shape index (κ2) is 9.90. The number of benzene rings is 2. The Morgan fingerprint density at radius 1 is 1.11 bits per heavy atom. The van der Waals surface area contributed by atoms with Crippen molar-refractivity contribution in [2.75, 3.05) is 18.8 Å². The Morgan fingerprint density at radius 3 is 2.35 bits per heavy atom. The number of hydrogen-bond donors (Lipinski definition) is 2. The molecule has 0 spiro atoms. The van der Waals surface area contributed by atoms with Crippen LogP contribution in [-0.4, -0.2) is 47.8 Å². The Kier molecular flexibility index (Phi) is 7.32. The fourth-order valence-electron chi connectivity index (χ4n) is 4.73. The Morgan fingerprint density at radius 2 is 1.78 bits per heavy atom. The highest BCUT2D eigenvalue weighted by Crippen LogP contribution is 2.37. The molecule has 0 amide bonds. The van der Waals surface area contributed by atoms with Crippen molar-refractivity contribution < 1.29 is 21.6 Å². The molecule has 4 rings (SSSR count). The largest absolute Gasteiger partial charge is 0.416 e. The van der Waals surface area contributed by atoms with Crippen molar-refractivity contribution in [2.45, 2.75) is 50.5 Å². The average Bonchev–Trinajstić information content (AvgIpc) is 2.79. The number of likely N-dealkylation sites (tertiary alicyclic amines) is 1. The number of H-pyrrole nitrogens is 1. The van der Waals surface area contributed by atoms with E-state index >= 15 is 0 Å². The number of halogens is 4. The lowest BCUT2D eigenvalue weighted by Crippen LogP contribution is -2.55. The lowest BCUT2D eigenvalue weighted by atomic mass is 9.93. The zero-order valence-electron chi connectivity index (χ0n) is 20.2. The minimum Gasteiger partial charge on any atom is -0.325 e. The zero-order valence-corrected chi connectivity index (χ0v) is 21.7. The van der Waals surface area contributed by atoms with Crippen molar-refractivity contribution in [1.29, 1.82) is 0 Å². The standard InChI is InChI=1S/C24H26ClF3N4O4S/c1-3-16-18(12-31-10-15(29)11-31)19(24(26,27)28)8-17-21(16)30-23(34)32(22(17)33)9-13-7-14(25)5-6-20(13)37(35,36)4-2/h5-8,15H,3-4,9-12,29H2,1-2H3,(H,30,34). The van der Waals surface area contributed by atoms with E-state index in [1.54, 1.807) is 11.8 Å². The molecule has 3 aromatic rings. The Bertz CT molecular complexity index is 1590. The van der Waals surface area contributed by atoms with Gasteiger partial charge in [-0.3, -0.25) is 14.3 Å². The van der Waals surface area contributed by atoms with Crippen molar-refractivity contribution in [1.82, 2.24) is 14.5 Å². The summed E-state index contributed by atoms with van der Waals surface area (Å²) < 4.78 is 68.3. The summed E-state index contributed by atoms with van der Waals surface area (Å²) in [4.78, 5) is 30.7. The van der Waals surface area contributed by atoms with Gasteiger partial charge in [0.25, 0.3) is 5.56 Å². The van der Waals surface area contributed by atoms with Gasteiger partial charge in [0.1, 0.15) is 0 Å². The maximum absolute atomic E-state index is 14.2. The number of aryl methyl sites for hydroxylation is 1. The second-order valence-electron chi connectivity index (χ2n) is 9.09. The molecule has 2 heterocycles. The fourth-order valence-corrected chi connectivity index (χ4v) is 6.04. The van der Waals surface area contributed by atoms with E-state index in [1.165, 1.54) is 25.1 Å². The van der Waals surface area contributed by atoms with Crippen LogP contribution in [0.3, 0.4) is 0 Å². The molecule has 1 saturated heterocycles. The lowest BCUT2D eigenvalue weighted by molar-refractivity contribution is -0.138. The third kappa shape index (κ3) is 5.20. The minimum atomic E-state index is -4.75. The first-order valence-corrected chi connectivity index (χ1v) is 13.7. The van der Waals surface area contributed by atoms with Gasteiger partial charge in [-0.25, -0.2) is 13.2 Å². The van der Waals surface area contributed by atoms with Crippen LogP contribution in [0.2, 0.25) is 5.02 Å². The van der Waals surface area contributed by atoms with Gasteiger partial charge in [0, 0.05) is 30.7 Å². The topological polar surface area (TPSA) is 118 Å². The predicted molar refractivity (Wildman–Crippen MR) is 135 cm³/mol. The fraction of sp³-hybridized carbons (Fsp3) is 0.417. The molecule has 0 radical (unpaired) electrons. The number of aromatic amines is 1. The second-order valence-corrected chi connectivity index (χ2v) is 11.8. The molecule has 1 aliphatic heterocycles. The summed E-state index contributed by atoms with van der Waals surface area (Å²) in [6.45, 7) is 3.47. The maximum Gasteiger partial charge on any atom is 0.416 e. The molecule has 0 bridgehead atoms. The number of sulfone groups is 1. The predicted octanol–water partition coefficient (Wildman–Crippen LogP) is 2.91. The van der Waals surface area contributed by atoms with Crippen molar-refractivity contribution >= 4 is 32.3 Å². The van der Waals surface area contributed by atoms with Gasteiger partial charge in [0.2, 0.25) is 0 Å². The van der Waals surface area contributed by atoms with E-state index in [-0.39, 0.29) is 62.3 Å². The first-order valence-electron chi connectivity index (χ1n) is 11.6. The Hall–Kier alpha value is -2.67.